The van der Waals surface area contributed by atoms with E-state index in [2.05, 4.69) is 10.6 Å². The van der Waals surface area contributed by atoms with Gasteiger partial charge >= 0.3 is 23.9 Å². The number of hydrogen-bond acceptors (Lipinski definition) is 7. The quantitative estimate of drug-likeness (QED) is 0.280. The lowest BCUT2D eigenvalue weighted by molar-refractivity contribution is -0.155. The van der Waals surface area contributed by atoms with Crippen LogP contribution in [0.15, 0.2) is 60.7 Å². The van der Waals surface area contributed by atoms with E-state index in [9.17, 15) is 19.2 Å². The molecule has 0 saturated carbocycles. The Morgan fingerprint density at radius 2 is 1.21 bits per heavy atom. The summed E-state index contributed by atoms with van der Waals surface area (Å²) in [5, 5.41) is 5.18. The predicted octanol–water partition coefficient (Wildman–Crippen LogP) is 4.68. The molecule has 39 heavy (non-hydrogen) atoms. The summed E-state index contributed by atoms with van der Waals surface area (Å²) < 4.78 is 16.2. The van der Waals surface area contributed by atoms with Crippen LogP contribution in [0.1, 0.15) is 65.0 Å². The van der Waals surface area contributed by atoms with Gasteiger partial charge in [0.05, 0.1) is 0 Å². The van der Waals surface area contributed by atoms with E-state index in [-0.39, 0.29) is 32.0 Å². The minimum absolute atomic E-state index is 0.00764. The van der Waals surface area contributed by atoms with E-state index in [1.165, 1.54) is 0 Å². The van der Waals surface area contributed by atoms with Crippen LogP contribution in [0.2, 0.25) is 0 Å². The number of hydrogen-bond donors (Lipinski definition) is 2. The minimum Gasteiger partial charge on any atom is -0.460 e. The van der Waals surface area contributed by atoms with Crippen LogP contribution < -0.4 is 10.6 Å². The molecule has 0 unspecified atom stereocenters. The van der Waals surface area contributed by atoms with E-state index in [1.807, 2.05) is 62.4 Å². The van der Waals surface area contributed by atoms with Gasteiger partial charge in [0.25, 0.3) is 0 Å². The fourth-order valence-electron chi connectivity index (χ4n) is 3.61. The van der Waals surface area contributed by atoms with Crippen molar-refractivity contribution >= 4 is 23.9 Å². The van der Waals surface area contributed by atoms with Gasteiger partial charge in [0.15, 0.2) is 0 Å². The summed E-state index contributed by atoms with van der Waals surface area (Å²) in [6.07, 6.45) is 0.183. The maximum atomic E-state index is 12.9. The molecule has 0 radical (unpaired) electrons. The Balaban J connectivity index is 2.04. The molecule has 0 aliphatic carbocycles. The van der Waals surface area contributed by atoms with E-state index in [4.69, 9.17) is 14.2 Å². The van der Waals surface area contributed by atoms with E-state index >= 15 is 0 Å². The van der Waals surface area contributed by atoms with Gasteiger partial charge in [0.1, 0.15) is 30.9 Å². The second-order valence-corrected chi connectivity index (χ2v) is 10.7. The zero-order valence-corrected chi connectivity index (χ0v) is 23.4. The van der Waals surface area contributed by atoms with Crippen molar-refractivity contribution in [1.29, 1.82) is 0 Å². The summed E-state index contributed by atoms with van der Waals surface area (Å²) >= 11 is 0. The van der Waals surface area contributed by atoms with Gasteiger partial charge in [-0.2, -0.15) is 0 Å². The maximum absolute atomic E-state index is 12.9. The number of ether oxygens (including phenoxy) is 3. The van der Waals surface area contributed by atoms with Crippen LogP contribution in [0, 0.1) is 5.92 Å². The molecule has 9 heteroatoms. The number of carbonyl (C=O) groups is 4. The van der Waals surface area contributed by atoms with Crippen LogP contribution in [-0.4, -0.2) is 41.6 Å². The first kappa shape index (κ1) is 31.3. The summed E-state index contributed by atoms with van der Waals surface area (Å²) in [6, 6.07) is 15.5. The van der Waals surface area contributed by atoms with Gasteiger partial charge < -0.3 is 24.8 Å². The molecule has 2 N–H and O–H groups in total. The molecule has 0 aliphatic heterocycles. The third-order valence-electron chi connectivity index (χ3n) is 5.39. The summed E-state index contributed by atoms with van der Waals surface area (Å²) in [5.41, 5.74) is 0.913. The van der Waals surface area contributed by atoms with Gasteiger partial charge in [-0.15, -0.1) is 0 Å². The summed E-state index contributed by atoms with van der Waals surface area (Å²) in [5.74, 6) is -1.71. The number of esters is 3. The Bertz CT molecular complexity index is 1070. The van der Waals surface area contributed by atoms with E-state index in [0.717, 1.165) is 11.1 Å². The van der Waals surface area contributed by atoms with Gasteiger partial charge in [0, 0.05) is 6.42 Å². The fourth-order valence-corrected chi connectivity index (χ4v) is 3.61. The van der Waals surface area contributed by atoms with Crippen molar-refractivity contribution in [2.45, 2.75) is 84.8 Å². The Morgan fingerprint density at radius 1 is 0.744 bits per heavy atom. The van der Waals surface area contributed by atoms with E-state index < -0.39 is 41.6 Å². The zero-order chi connectivity index (χ0) is 28.8. The predicted molar refractivity (Wildman–Crippen MR) is 146 cm³/mol. The molecule has 0 aromatic heterocycles. The monoisotopic (exact) mass is 540 g/mol. The summed E-state index contributed by atoms with van der Waals surface area (Å²) in [7, 11) is 0. The van der Waals surface area contributed by atoms with Crippen LogP contribution in [0.3, 0.4) is 0 Å². The van der Waals surface area contributed by atoms with Gasteiger partial charge in [-0.25, -0.2) is 14.4 Å². The summed E-state index contributed by atoms with van der Waals surface area (Å²) in [6.45, 7) is 9.15. The third kappa shape index (κ3) is 13.0. The van der Waals surface area contributed by atoms with Gasteiger partial charge in [-0.05, 0) is 50.7 Å². The molecule has 0 aliphatic rings. The molecule has 2 aromatic carbocycles. The molecule has 0 bridgehead atoms. The number of rotatable bonds is 13. The molecule has 2 aromatic rings. The third-order valence-corrected chi connectivity index (χ3v) is 5.39. The molecule has 212 valence electrons. The largest absolute Gasteiger partial charge is 0.460 e. The molecule has 0 saturated heterocycles. The van der Waals surface area contributed by atoms with Crippen LogP contribution in [0.5, 0.6) is 0 Å². The first-order valence-electron chi connectivity index (χ1n) is 13.1. The molecular formula is C30H40N2O7. The van der Waals surface area contributed by atoms with Gasteiger partial charge in [0.2, 0.25) is 0 Å². The molecular weight excluding hydrogens is 500 g/mol. The Hall–Kier alpha value is -3.88. The first-order chi connectivity index (χ1) is 18.4. The van der Waals surface area contributed by atoms with E-state index in [0.29, 0.717) is 6.42 Å². The Kier molecular flexibility index (Phi) is 12.5. The molecule has 0 heterocycles. The molecule has 0 fully saturated rings. The second-order valence-electron chi connectivity index (χ2n) is 10.7. The number of nitrogens with one attached hydrogen (secondary N) is 2. The lowest BCUT2D eigenvalue weighted by Crippen LogP contribution is -2.52. The number of benzene rings is 2. The topological polar surface area (TPSA) is 120 Å². The van der Waals surface area contributed by atoms with Crippen LogP contribution in [0.4, 0.5) is 4.79 Å². The standard InChI is InChI=1S/C30H40N2O7/c1-21(2)18-25(28(35)38-20-23-14-10-7-11-15-23)32-29(36)31-24(16-17-26(33)39-30(3,4)5)27(34)37-19-22-12-8-6-9-13-22/h6-15,21,24-25H,16-20H2,1-5H3,(H2,31,32,36)/t24-,25-/m0/s1. The average Bonchev–Trinajstić information content (AvgIpc) is 2.87. The molecule has 2 amide bonds. The van der Waals surface area contributed by atoms with Crippen molar-refractivity contribution in [2.75, 3.05) is 0 Å². The minimum atomic E-state index is -1.14. The maximum Gasteiger partial charge on any atom is 0.329 e. The Labute approximate surface area is 230 Å². The molecule has 2 atom stereocenters. The van der Waals surface area contributed by atoms with Crippen molar-refractivity contribution in [2.24, 2.45) is 5.92 Å². The number of carbonyl (C=O) groups excluding carboxylic acids is 4. The van der Waals surface area contributed by atoms with Crippen molar-refractivity contribution < 1.29 is 33.4 Å². The fraction of sp³-hybridized carbons (Fsp3) is 0.467. The van der Waals surface area contributed by atoms with Crippen LogP contribution in [0.25, 0.3) is 0 Å². The average molecular weight is 541 g/mol. The lowest BCUT2D eigenvalue weighted by Gasteiger charge is -2.23. The SMILES string of the molecule is CC(C)C[C@H](NC(=O)N[C@@H](CCC(=O)OC(C)(C)C)C(=O)OCc1ccccc1)C(=O)OCc1ccccc1. The number of urea groups is 1. The van der Waals surface area contributed by atoms with Gasteiger partial charge in [-0.1, -0.05) is 74.5 Å². The smallest absolute Gasteiger partial charge is 0.329 e. The highest BCUT2D eigenvalue weighted by molar-refractivity contribution is 5.87. The zero-order valence-electron chi connectivity index (χ0n) is 23.4. The summed E-state index contributed by atoms with van der Waals surface area (Å²) in [4.78, 5) is 50.9. The molecule has 2 rings (SSSR count). The highest BCUT2D eigenvalue weighted by Crippen LogP contribution is 2.12. The van der Waals surface area contributed by atoms with Crippen molar-refractivity contribution in [1.82, 2.24) is 10.6 Å². The molecule has 0 spiro atoms. The highest BCUT2D eigenvalue weighted by atomic mass is 16.6. The number of amides is 2. The van der Waals surface area contributed by atoms with Gasteiger partial charge in [-0.3, -0.25) is 4.79 Å². The normalized spacial score (nSPS) is 12.7. The Morgan fingerprint density at radius 3 is 1.67 bits per heavy atom. The molecule has 9 nitrogen and oxygen atoms in total. The second kappa shape index (κ2) is 15.5. The van der Waals surface area contributed by atoms with Crippen molar-refractivity contribution in [3.63, 3.8) is 0 Å². The lowest BCUT2D eigenvalue weighted by atomic mass is 10.0. The highest BCUT2D eigenvalue weighted by Gasteiger charge is 2.28. The first-order valence-corrected chi connectivity index (χ1v) is 13.1. The van der Waals surface area contributed by atoms with E-state index in [1.54, 1.807) is 32.9 Å². The van der Waals surface area contributed by atoms with Crippen molar-refractivity contribution in [3.8, 4) is 0 Å². The van der Waals surface area contributed by atoms with Crippen molar-refractivity contribution in [3.05, 3.63) is 71.8 Å². The van der Waals surface area contributed by atoms with Crippen LogP contribution in [-0.2, 0) is 41.8 Å². The van der Waals surface area contributed by atoms with Crippen LogP contribution >= 0.6 is 0 Å².